The molecule has 0 spiro atoms. The van der Waals surface area contributed by atoms with Crippen LogP contribution < -0.4 is 10.6 Å². The maximum Gasteiger partial charge on any atom is 0.315 e. The second-order valence-corrected chi connectivity index (χ2v) is 5.93. The fraction of sp³-hybridized carbons (Fsp3) is 0.133. The summed E-state index contributed by atoms with van der Waals surface area (Å²) in [6.45, 7) is 0.979. The summed E-state index contributed by atoms with van der Waals surface area (Å²) < 4.78 is 1.98. The average Bonchev–Trinajstić information content (AvgIpc) is 2.45. The van der Waals surface area contributed by atoms with Crippen LogP contribution in [0.4, 0.5) is 4.79 Å². The molecule has 0 bridgehead atoms. The Labute approximate surface area is 135 Å². The normalized spacial score (nSPS) is 10.1. The Morgan fingerprint density at radius 3 is 1.60 bits per heavy atom. The van der Waals surface area contributed by atoms with Crippen molar-refractivity contribution >= 4 is 37.9 Å². The monoisotopic (exact) mass is 396 g/mol. The van der Waals surface area contributed by atoms with Gasteiger partial charge in [-0.25, -0.2) is 4.79 Å². The summed E-state index contributed by atoms with van der Waals surface area (Å²) in [6, 6.07) is 15.4. The number of carbonyl (C=O) groups is 1. The Morgan fingerprint density at radius 1 is 0.800 bits per heavy atom. The molecule has 2 N–H and O–H groups in total. The van der Waals surface area contributed by atoms with Crippen molar-refractivity contribution in [1.29, 1.82) is 0 Å². The molecule has 0 aromatic heterocycles. The van der Waals surface area contributed by atoms with Gasteiger partial charge in [-0.1, -0.05) is 68.3 Å². The average molecular weight is 398 g/mol. The smallest absolute Gasteiger partial charge is 0.315 e. The lowest BCUT2D eigenvalue weighted by atomic mass is 10.2. The van der Waals surface area contributed by atoms with E-state index in [4.69, 9.17) is 0 Å². The summed E-state index contributed by atoms with van der Waals surface area (Å²) in [5.41, 5.74) is 2.09. The maximum atomic E-state index is 11.8. The lowest BCUT2D eigenvalue weighted by Crippen LogP contribution is -2.34. The molecule has 0 unspecified atom stereocenters. The van der Waals surface area contributed by atoms with Gasteiger partial charge in [-0.2, -0.15) is 0 Å². The summed E-state index contributed by atoms with van der Waals surface area (Å²) in [5, 5.41) is 5.67. The number of rotatable bonds is 4. The highest BCUT2D eigenvalue weighted by Crippen LogP contribution is 2.16. The van der Waals surface area contributed by atoms with Crippen LogP contribution in [0.3, 0.4) is 0 Å². The second-order valence-electron chi connectivity index (χ2n) is 4.22. The van der Waals surface area contributed by atoms with Gasteiger partial charge in [0.2, 0.25) is 0 Å². The third kappa shape index (κ3) is 4.35. The Bertz CT molecular complexity index is 550. The topological polar surface area (TPSA) is 41.1 Å². The van der Waals surface area contributed by atoms with Gasteiger partial charge in [-0.3, -0.25) is 0 Å². The van der Waals surface area contributed by atoms with E-state index in [2.05, 4.69) is 42.5 Å². The van der Waals surface area contributed by atoms with Crippen molar-refractivity contribution in [3.8, 4) is 0 Å². The van der Waals surface area contributed by atoms with Crippen LogP contribution in [0.1, 0.15) is 11.1 Å². The quantitative estimate of drug-likeness (QED) is 0.796. The van der Waals surface area contributed by atoms with Crippen molar-refractivity contribution in [3.05, 3.63) is 68.6 Å². The molecule has 2 rings (SSSR count). The molecule has 5 heteroatoms. The van der Waals surface area contributed by atoms with Crippen LogP contribution in [0.15, 0.2) is 57.5 Å². The number of nitrogens with one attached hydrogen (secondary N) is 2. The SMILES string of the molecule is O=C(NCc1ccccc1Br)NCc1ccccc1Br. The summed E-state index contributed by atoms with van der Waals surface area (Å²) in [4.78, 5) is 11.8. The zero-order valence-electron chi connectivity index (χ0n) is 10.7. The Balaban J connectivity index is 1.82. The fourth-order valence-corrected chi connectivity index (χ4v) is 2.55. The summed E-state index contributed by atoms with van der Waals surface area (Å²) in [5.74, 6) is 0. The molecular weight excluding hydrogens is 384 g/mol. The molecule has 0 aliphatic rings. The Kier molecular flexibility index (Phi) is 5.61. The molecule has 0 saturated carbocycles. The molecule has 2 aromatic carbocycles. The summed E-state index contributed by atoms with van der Waals surface area (Å²) in [6.07, 6.45) is 0. The van der Waals surface area contributed by atoms with Gasteiger partial charge < -0.3 is 10.6 Å². The lowest BCUT2D eigenvalue weighted by Gasteiger charge is -2.09. The fourth-order valence-electron chi connectivity index (χ4n) is 1.70. The van der Waals surface area contributed by atoms with E-state index in [-0.39, 0.29) is 6.03 Å². The molecule has 0 aliphatic heterocycles. The van der Waals surface area contributed by atoms with Crippen molar-refractivity contribution < 1.29 is 4.79 Å². The predicted octanol–water partition coefficient (Wildman–Crippen LogP) is 4.21. The number of urea groups is 1. The lowest BCUT2D eigenvalue weighted by molar-refractivity contribution is 0.240. The maximum absolute atomic E-state index is 11.8. The van der Waals surface area contributed by atoms with Crippen LogP contribution in [0.2, 0.25) is 0 Å². The molecule has 20 heavy (non-hydrogen) atoms. The molecule has 2 amide bonds. The van der Waals surface area contributed by atoms with E-state index in [9.17, 15) is 4.79 Å². The first-order valence-corrected chi connectivity index (χ1v) is 7.74. The van der Waals surface area contributed by atoms with Crippen molar-refractivity contribution in [3.63, 3.8) is 0 Å². The molecule has 3 nitrogen and oxygen atoms in total. The third-order valence-electron chi connectivity index (χ3n) is 2.79. The largest absolute Gasteiger partial charge is 0.334 e. The van der Waals surface area contributed by atoms with E-state index in [0.29, 0.717) is 13.1 Å². The van der Waals surface area contributed by atoms with Crippen molar-refractivity contribution in [2.24, 2.45) is 0 Å². The van der Waals surface area contributed by atoms with Crippen LogP contribution in [-0.4, -0.2) is 6.03 Å². The van der Waals surface area contributed by atoms with E-state index in [0.717, 1.165) is 20.1 Å². The summed E-state index contributed by atoms with van der Waals surface area (Å²) >= 11 is 6.91. The number of amides is 2. The van der Waals surface area contributed by atoms with Crippen molar-refractivity contribution in [1.82, 2.24) is 10.6 Å². The van der Waals surface area contributed by atoms with Gasteiger partial charge in [0.05, 0.1) is 0 Å². The highest BCUT2D eigenvalue weighted by atomic mass is 79.9. The van der Waals surface area contributed by atoms with Crippen LogP contribution in [-0.2, 0) is 13.1 Å². The zero-order chi connectivity index (χ0) is 14.4. The standard InChI is InChI=1S/C15H14Br2N2O/c16-13-7-3-1-5-11(13)9-18-15(20)19-10-12-6-2-4-8-14(12)17/h1-8H,9-10H2,(H2,18,19,20). The first-order valence-electron chi connectivity index (χ1n) is 6.15. The van der Waals surface area contributed by atoms with Gasteiger partial charge in [-0.15, -0.1) is 0 Å². The number of halogens is 2. The molecule has 0 saturated heterocycles. The van der Waals surface area contributed by atoms with Crippen LogP contribution >= 0.6 is 31.9 Å². The van der Waals surface area contributed by atoms with Gasteiger partial charge in [0.1, 0.15) is 0 Å². The predicted molar refractivity (Wildman–Crippen MR) is 87.4 cm³/mol. The highest BCUT2D eigenvalue weighted by molar-refractivity contribution is 9.10. The molecule has 0 atom stereocenters. The Hall–Kier alpha value is -1.33. The number of hydrogen-bond donors (Lipinski definition) is 2. The molecular formula is C15H14Br2N2O. The van der Waals surface area contributed by atoms with Crippen LogP contribution in [0, 0.1) is 0 Å². The number of carbonyl (C=O) groups excluding carboxylic acids is 1. The minimum atomic E-state index is -0.184. The van der Waals surface area contributed by atoms with Crippen molar-refractivity contribution in [2.75, 3.05) is 0 Å². The van der Waals surface area contributed by atoms with Crippen LogP contribution in [0.5, 0.6) is 0 Å². The first kappa shape index (κ1) is 15.1. The third-order valence-corrected chi connectivity index (χ3v) is 4.34. The molecule has 0 heterocycles. The number of benzene rings is 2. The van der Waals surface area contributed by atoms with E-state index < -0.39 is 0 Å². The molecule has 0 aliphatic carbocycles. The van der Waals surface area contributed by atoms with Crippen molar-refractivity contribution in [2.45, 2.75) is 13.1 Å². The van der Waals surface area contributed by atoms with Gasteiger partial charge >= 0.3 is 6.03 Å². The van der Waals surface area contributed by atoms with Gasteiger partial charge in [-0.05, 0) is 23.3 Å². The summed E-state index contributed by atoms with van der Waals surface area (Å²) in [7, 11) is 0. The molecule has 104 valence electrons. The zero-order valence-corrected chi connectivity index (χ0v) is 13.9. The van der Waals surface area contributed by atoms with Crippen LogP contribution in [0.25, 0.3) is 0 Å². The molecule has 0 fully saturated rings. The van der Waals surface area contributed by atoms with E-state index >= 15 is 0 Å². The molecule has 0 radical (unpaired) electrons. The van der Waals surface area contributed by atoms with Gasteiger partial charge in [0, 0.05) is 22.0 Å². The minimum Gasteiger partial charge on any atom is -0.334 e. The minimum absolute atomic E-state index is 0.184. The van der Waals surface area contributed by atoms with E-state index in [1.807, 2.05) is 48.5 Å². The number of hydrogen-bond acceptors (Lipinski definition) is 1. The first-order chi connectivity index (χ1) is 9.66. The molecule has 2 aromatic rings. The van der Waals surface area contributed by atoms with E-state index in [1.165, 1.54) is 0 Å². The van der Waals surface area contributed by atoms with E-state index in [1.54, 1.807) is 0 Å². The highest BCUT2D eigenvalue weighted by Gasteiger charge is 2.04. The Morgan fingerprint density at radius 2 is 1.20 bits per heavy atom. The van der Waals surface area contributed by atoms with Gasteiger partial charge in [0.15, 0.2) is 0 Å². The second kappa shape index (κ2) is 7.45. The van der Waals surface area contributed by atoms with Gasteiger partial charge in [0.25, 0.3) is 0 Å².